The summed E-state index contributed by atoms with van der Waals surface area (Å²) < 4.78 is 5.77. The maximum Gasteiger partial charge on any atom is 0.331 e. The Bertz CT molecular complexity index is 1080. The lowest BCUT2D eigenvalue weighted by atomic mass is 9.75. The van der Waals surface area contributed by atoms with Crippen molar-refractivity contribution in [3.8, 4) is 0 Å². The highest BCUT2D eigenvalue weighted by Gasteiger charge is 2.35. The summed E-state index contributed by atoms with van der Waals surface area (Å²) in [6.45, 7) is 5.36. The van der Waals surface area contributed by atoms with Crippen LogP contribution in [0.1, 0.15) is 52.9 Å². The maximum atomic E-state index is 12.1. The minimum absolute atomic E-state index is 0.0768. The molecule has 0 aliphatic heterocycles. The molecule has 1 aliphatic rings. The smallest absolute Gasteiger partial charge is 0.331 e. The zero-order chi connectivity index (χ0) is 33.4. The van der Waals surface area contributed by atoms with Crippen LogP contribution in [0.2, 0.25) is 5.82 Å². The van der Waals surface area contributed by atoms with Gasteiger partial charge in [0.1, 0.15) is 12.2 Å². The number of ether oxygens (including phenoxy) is 1. The molecule has 0 aromatic carbocycles. The van der Waals surface area contributed by atoms with Crippen LogP contribution in [0.4, 0.5) is 0 Å². The molecular weight excluding hydrogens is 635 g/mol. The van der Waals surface area contributed by atoms with E-state index in [1.807, 2.05) is 13.8 Å². The van der Waals surface area contributed by atoms with Crippen LogP contribution in [0.5, 0.6) is 0 Å². The zero-order valence-electron chi connectivity index (χ0n) is 25.4. The molecule has 12 heteroatoms. The van der Waals surface area contributed by atoms with E-state index < -0.39 is 72.3 Å². The van der Waals surface area contributed by atoms with Gasteiger partial charge in [0, 0.05) is 29.3 Å². The quantitative estimate of drug-likeness (QED) is 0.0396. The minimum atomic E-state index is -1.58. The summed E-state index contributed by atoms with van der Waals surface area (Å²) >= 11 is 3.37. The fourth-order valence-electron chi connectivity index (χ4n) is 4.42. The number of carboxylic acids is 1. The van der Waals surface area contributed by atoms with Crippen LogP contribution < -0.4 is 0 Å². The Morgan fingerprint density at radius 2 is 1.61 bits per heavy atom. The average molecular weight is 681 g/mol. The molecule has 244 valence electrons. The Morgan fingerprint density at radius 3 is 2.25 bits per heavy atom. The van der Waals surface area contributed by atoms with Crippen molar-refractivity contribution in [1.29, 1.82) is 0 Å². The molecule has 1 saturated carbocycles. The normalized spacial score (nSPS) is 25.3. The van der Waals surface area contributed by atoms with Gasteiger partial charge in [-0.2, -0.15) is 0 Å². The lowest BCUT2D eigenvalue weighted by Crippen LogP contribution is -2.43. The van der Waals surface area contributed by atoms with E-state index in [2.05, 4.69) is 15.9 Å². The molecule has 0 amide bonds. The van der Waals surface area contributed by atoms with Gasteiger partial charge < -0.3 is 40.5 Å². The molecular formula is C32H46BBrO10. The molecule has 0 heterocycles. The first-order chi connectivity index (χ1) is 20.7. The predicted octanol–water partition coefficient (Wildman–Crippen LogP) is 2.79. The number of hydrogen-bond acceptors (Lipinski definition) is 9. The van der Waals surface area contributed by atoms with Crippen molar-refractivity contribution < 1.29 is 50.1 Å². The Kier molecular flexibility index (Phi) is 18.6. The topological polar surface area (TPSA) is 185 Å². The monoisotopic (exact) mass is 680 g/mol. The molecule has 2 radical (unpaired) electrons. The first kappa shape index (κ1) is 39.7. The number of carbonyl (C=O) groups excluding carboxylic acids is 1. The SMILES string of the molecule is [B][C@H]([C@H](O)/C=C/CC)[C@H](O)CC(O)[C@@H](O)[C@H](O)[C@H](C)/C(Br)=C/C=C/C=C(C)/C=C/C=C/C(=O)O[C@@H]1C[C@@H](C(=O)O)CC[C@@H]1O. The fourth-order valence-corrected chi connectivity index (χ4v) is 4.84. The van der Waals surface area contributed by atoms with Gasteiger partial charge in [-0.3, -0.25) is 4.79 Å². The summed E-state index contributed by atoms with van der Waals surface area (Å²) in [5, 5.41) is 70.8. The number of halogens is 1. The fraction of sp³-hybridized carbons (Fsp3) is 0.562. The highest BCUT2D eigenvalue weighted by Crippen LogP contribution is 2.28. The van der Waals surface area contributed by atoms with E-state index in [1.165, 1.54) is 18.2 Å². The Hall–Kier alpha value is -2.32. The minimum Gasteiger partial charge on any atom is -0.481 e. The number of rotatable bonds is 17. The van der Waals surface area contributed by atoms with Crippen LogP contribution in [-0.4, -0.2) is 98.3 Å². The predicted molar refractivity (Wildman–Crippen MR) is 172 cm³/mol. The highest BCUT2D eigenvalue weighted by molar-refractivity contribution is 9.11. The van der Waals surface area contributed by atoms with Gasteiger partial charge in [-0.25, -0.2) is 4.79 Å². The van der Waals surface area contributed by atoms with Crippen LogP contribution in [-0.2, 0) is 14.3 Å². The van der Waals surface area contributed by atoms with Gasteiger partial charge in [-0.15, -0.1) is 0 Å². The van der Waals surface area contributed by atoms with Crippen molar-refractivity contribution in [1.82, 2.24) is 0 Å². The number of esters is 1. The Balaban J connectivity index is 2.60. The molecule has 1 aliphatic carbocycles. The second-order valence-corrected chi connectivity index (χ2v) is 11.9. The summed E-state index contributed by atoms with van der Waals surface area (Å²) in [5.74, 6) is -3.96. The van der Waals surface area contributed by atoms with Gasteiger partial charge in [-0.1, -0.05) is 90.0 Å². The maximum absolute atomic E-state index is 12.1. The molecule has 0 spiro atoms. The Morgan fingerprint density at radius 1 is 0.977 bits per heavy atom. The van der Waals surface area contributed by atoms with Crippen molar-refractivity contribution in [3.05, 3.63) is 70.8 Å². The van der Waals surface area contributed by atoms with E-state index in [1.54, 1.807) is 49.5 Å². The first-order valence-corrected chi connectivity index (χ1v) is 15.5. The molecule has 1 fully saturated rings. The molecule has 10 nitrogen and oxygen atoms in total. The first-order valence-electron chi connectivity index (χ1n) is 14.7. The molecule has 1 unspecified atom stereocenters. The lowest BCUT2D eigenvalue weighted by molar-refractivity contribution is -0.159. The number of carboxylic acid groups (broad SMARTS) is 1. The molecule has 0 bridgehead atoms. The van der Waals surface area contributed by atoms with Crippen molar-refractivity contribution in [2.24, 2.45) is 11.8 Å². The third-order valence-electron chi connectivity index (χ3n) is 7.38. The van der Waals surface area contributed by atoms with Crippen molar-refractivity contribution >= 4 is 35.7 Å². The summed E-state index contributed by atoms with van der Waals surface area (Å²) in [6, 6.07) is 0. The van der Waals surface area contributed by atoms with Crippen LogP contribution in [0, 0.1) is 11.8 Å². The second kappa shape index (κ2) is 20.7. The van der Waals surface area contributed by atoms with E-state index in [-0.39, 0.29) is 19.3 Å². The average Bonchev–Trinajstić information content (AvgIpc) is 2.99. The van der Waals surface area contributed by atoms with Gasteiger partial charge in [0.15, 0.2) is 0 Å². The van der Waals surface area contributed by atoms with Crippen LogP contribution >= 0.6 is 15.9 Å². The van der Waals surface area contributed by atoms with Crippen LogP contribution in [0.15, 0.2) is 70.8 Å². The van der Waals surface area contributed by atoms with Gasteiger partial charge >= 0.3 is 11.9 Å². The standard InChI is InChI=1S/C32H46BBrO10/c1-4-5-13-24(36)29(33)25(37)18-26(38)31(41)30(40)20(3)22(34)12-8-6-10-19(2)11-7-9-14-28(39)44-27-17-21(32(42)43)15-16-23(27)35/h5-14,20-21,23-27,29-31,35-38,40-41H,4,15-18H2,1-3H3,(H,42,43)/b8-6+,11-7+,13-5+,14-9+,19-10+,22-12-/t20-,21+,23+,24-,25-,26?,27-,29-,30-,31-/m1/s1. The third-order valence-corrected chi connectivity index (χ3v) is 8.37. The summed E-state index contributed by atoms with van der Waals surface area (Å²) in [6.07, 6.45) is 8.54. The largest absolute Gasteiger partial charge is 0.481 e. The van der Waals surface area contributed by atoms with Crippen LogP contribution in [0.25, 0.3) is 0 Å². The van der Waals surface area contributed by atoms with E-state index in [0.29, 0.717) is 17.3 Å². The van der Waals surface area contributed by atoms with Gasteiger partial charge in [0.2, 0.25) is 0 Å². The second-order valence-electron chi connectivity index (χ2n) is 11.0. The number of aliphatic hydroxyl groups is 6. The van der Waals surface area contributed by atoms with Crippen molar-refractivity contribution in [3.63, 3.8) is 0 Å². The molecule has 0 saturated heterocycles. The summed E-state index contributed by atoms with van der Waals surface area (Å²) in [4.78, 5) is 23.2. The number of hydrogen-bond donors (Lipinski definition) is 7. The van der Waals surface area contributed by atoms with E-state index in [4.69, 9.17) is 17.7 Å². The van der Waals surface area contributed by atoms with E-state index in [9.17, 15) is 40.2 Å². The summed E-state index contributed by atoms with van der Waals surface area (Å²) in [7, 11) is 5.83. The highest BCUT2D eigenvalue weighted by atomic mass is 79.9. The lowest BCUT2D eigenvalue weighted by Gasteiger charge is -2.30. The summed E-state index contributed by atoms with van der Waals surface area (Å²) in [5.41, 5.74) is 0.842. The third kappa shape index (κ3) is 14.2. The molecule has 0 aromatic rings. The van der Waals surface area contributed by atoms with Gasteiger partial charge in [-0.05, 0) is 32.0 Å². The van der Waals surface area contributed by atoms with Gasteiger partial charge in [0.25, 0.3) is 0 Å². The Labute approximate surface area is 269 Å². The molecule has 44 heavy (non-hydrogen) atoms. The molecule has 0 aromatic heterocycles. The zero-order valence-corrected chi connectivity index (χ0v) is 27.0. The van der Waals surface area contributed by atoms with Crippen LogP contribution in [0.3, 0.4) is 0 Å². The molecule has 7 N–H and O–H groups in total. The molecule has 1 rings (SSSR count). The number of allylic oxidation sites excluding steroid dienone is 9. The van der Waals surface area contributed by atoms with E-state index in [0.717, 1.165) is 5.57 Å². The van der Waals surface area contributed by atoms with Crippen molar-refractivity contribution in [2.45, 2.75) is 101 Å². The van der Waals surface area contributed by atoms with Crippen molar-refractivity contribution in [2.75, 3.05) is 0 Å². The van der Waals surface area contributed by atoms with E-state index >= 15 is 0 Å². The number of aliphatic carboxylic acids is 1. The molecule has 10 atom stereocenters. The number of aliphatic hydroxyl groups excluding tert-OH is 6. The van der Waals surface area contributed by atoms with Gasteiger partial charge in [0.05, 0.1) is 44.3 Å². The number of carbonyl (C=O) groups is 2.